The van der Waals surface area contributed by atoms with Gasteiger partial charge in [0.05, 0.1) is 0 Å². The minimum atomic E-state index is -1.52. The molecule has 0 spiro atoms. The van der Waals surface area contributed by atoms with Crippen LogP contribution in [0, 0.1) is 0 Å². The minimum absolute atomic E-state index is 0.209. The Bertz CT molecular complexity index is 783. The summed E-state index contributed by atoms with van der Waals surface area (Å²) < 4.78 is 0. The molecule has 138 valence electrons. The van der Waals surface area contributed by atoms with E-state index in [2.05, 4.69) is 16.4 Å². The minimum Gasteiger partial charge on any atom is -0.383 e. The highest BCUT2D eigenvalue weighted by atomic mass is 35.5. The molecule has 0 bridgehead atoms. The number of hydrogen-bond acceptors (Lipinski definition) is 6. The SMILES string of the molecule is O=C(NCC1CC=C(Cc2ccccc2Cl)S1)[C@H](O)[C@@H](O)c1nccs1. The molecule has 8 heteroatoms. The normalized spacial score (nSPS) is 19.0. The predicted molar refractivity (Wildman–Crippen MR) is 105 cm³/mol. The van der Waals surface area contributed by atoms with Gasteiger partial charge < -0.3 is 15.5 Å². The lowest BCUT2D eigenvalue weighted by atomic mass is 10.1. The van der Waals surface area contributed by atoms with Gasteiger partial charge in [-0.15, -0.1) is 23.1 Å². The standard InChI is InChI=1S/C18H19ClN2O3S2/c19-14-4-2-1-3-11(14)9-12-5-6-13(26-12)10-21-17(24)15(22)16(23)18-20-7-8-25-18/h1-5,7-8,13,15-16,22-23H,6,9-10H2,(H,21,24)/t13?,15-,16-/m1/s1. The summed E-state index contributed by atoms with van der Waals surface area (Å²) in [5.41, 5.74) is 1.08. The van der Waals surface area contributed by atoms with Crippen molar-refractivity contribution < 1.29 is 15.0 Å². The van der Waals surface area contributed by atoms with Crippen LogP contribution in [-0.2, 0) is 11.2 Å². The van der Waals surface area contributed by atoms with Gasteiger partial charge in [0.25, 0.3) is 5.91 Å². The molecule has 26 heavy (non-hydrogen) atoms. The zero-order chi connectivity index (χ0) is 18.5. The number of thiazole rings is 1. The molecule has 0 aliphatic carbocycles. The van der Waals surface area contributed by atoms with Gasteiger partial charge in [0.1, 0.15) is 11.1 Å². The van der Waals surface area contributed by atoms with E-state index in [-0.39, 0.29) is 5.25 Å². The van der Waals surface area contributed by atoms with Crippen molar-refractivity contribution in [3.05, 3.63) is 62.4 Å². The Morgan fingerprint density at radius 2 is 2.19 bits per heavy atom. The first-order valence-electron chi connectivity index (χ1n) is 8.17. The highest BCUT2D eigenvalue weighted by molar-refractivity contribution is 8.03. The van der Waals surface area contributed by atoms with Crippen molar-refractivity contribution in [2.24, 2.45) is 0 Å². The largest absolute Gasteiger partial charge is 0.383 e. The molecule has 0 saturated heterocycles. The molecule has 1 unspecified atom stereocenters. The number of benzene rings is 1. The average molecular weight is 411 g/mol. The molecule has 2 heterocycles. The van der Waals surface area contributed by atoms with Gasteiger partial charge in [-0.2, -0.15) is 0 Å². The monoisotopic (exact) mass is 410 g/mol. The van der Waals surface area contributed by atoms with Crippen LogP contribution in [0.15, 0.2) is 46.8 Å². The Kier molecular flexibility index (Phi) is 6.72. The topological polar surface area (TPSA) is 82.5 Å². The Balaban J connectivity index is 1.45. The van der Waals surface area contributed by atoms with E-state index in [9.17, 15) is 15.0 Å². The molecule has 1 aliphatic rings. The lowest BCUT2D eigenvalue weighted by Crippen LogP contribution is -2.40. The van der Waals surface area contributed by atoms with Crippen molar-refractivity contribution in [3.63, 3.8) is 0 Å². The molecule has 1 aromatic heterocycles. The number of aliphatic hydroxyl groups excluding tert-OH is 2. The lowest BCUT2D eigenvalue weighted by Gasteiger charge is -2.17. The van der Waals surface area contributed by atoms with Crippen LogP contribution in [0.2, 0.25) is 5.02 Å². The highest BCUT2D eigenvalue weighted by Crippen LogP contribution is 2.35. The maximum absolute atomic E-state index is 12.1. The van der Waals surface area contributed by atoms with Crippen LogP contribution in [-0.4, -0.2) is 39.0 Å². The Morgan fingerprint density at radius 1 is 1.38 bits per heavy atom. The van der Waals surface area contributed by atoms with E-state index < -0.39 is 18.1 Å². The molecular weight excluding hydrogens is 392 g/mol. The average Bonchev–Trinajstić information content (AvgIpc) is 3.32. The van der Waals surface area contributed by atoms with Gasteiger partial charge in [0, 0.05) is 34.8 Å². The molecule has 1 aromatic carbocycles. The number of thioether (sulfide) groups is 1. The summed E-state index contributed by atoms with van der Waals surface area (Å²) in [5.74, 6) is -0.590. The second-order valence-corrected chi connectivity index (χ2v) is 8.68. The van der Waals surface area contributed by atoms with E-state index >= 15 is 0 Å². The van der Waals surface area contributed by atoms with Gasteiger partial charge in [-0.3, -0.25) is 4.79 Å². The van der Waals surface area contributed by atoms with Crippen LogP contribution in [0.3, 0.4) is 0 Å². The molecular formula is C18H19ClN2O3S2. The van der Waals surface area contributed by atoms with E-state index in [0.717, 1.165) is 23.4 Å². The molecule has 1 aliphatic heterocycles. The van der Waals surface area contributed by atoms with E-state index in [1.807, 2.05) is 24.3 Å². The number of amides is 1. The summed E-state index contributed by atoms with van der Waals surface area (Å²) in [4.78, 5) is 17.2. The maximum atomic E-state index is 12.1. The summed E-state index contributed by atoms with van der Waals surface area (Å²) in [7, 11) is 0. The van der Waals surface area contributed by atoms with Crippen molar-refractivity contribution >= 4 is 40.6 Å². The van der Waals surface area contributed by atoms with Crippen LogP contribution in [0.4, 0.5) is 0 Å². The lowest BCUT2D eigenvalue weighted by molar-refractivity contribution is -0.135. The molecule has 0 saturated carbocycles. The van der Waals surface area contributed by atoms with Crippen LogP contribution in [0.25, 0.3) is 0 Å². The number of hydrogen-bond donors (Lipinski definition) is 3. The molecule has 0 fully saturated rings. The molecule has 3 atom stereocenters. The Hall–Kier alpha value is -1.38. The molecule has 1 amide bonds. The molecule has 3 N–H and O–H groups in total. The van der Waals surface area contributed by atoms with Crippen molar-refractivity contribution in [1.29, 1.82) is 0 Å². The number of carbonyl (C=O) groups is 1. The quantitative estimate of drug-likeness (QED) is 0.653. The maximum Gasteiger partial charge on any atom is 0.252 e. The Morgan fingerprint density at radius 3 is 2.92 bits per heavy atom. The summed E-state index contributed by atoms with van der Waals surface area (Å²) in [6.07, 6.45) is 2.47. The van der Waals surface area contributed by atoms with Crippen LogP contribution < -0.4 is 5.32 Å². The van der Waals surface area contributed by atoms with Crippen LogP contribution in [0.1, 0.15) is 23.1 Å². The fraction of sp³-hybridized carbons (Fsp3) is 0.333. The van der Waals surface area contributed by atoms with Crippen molar-refractivity contribution in [2.75, 3.05) is 6.54 Å². The number of nitrogens with one attached hydrogen (secondary N) is 1. The molecule has 5 nitrogen and oxygen atoms in total. The number of nitrogens with zero attached hydrogens (tertiary/aromatic N) is 1. The number of carbonyl (C=O) groups excluding carboxylic acids is 1. The van der Waals surface area contributed by atoms with E-state index in [1.54, 1.807) is 17.1 Å². The predicted octanol–water partition coefficient (Wildman–Crippen LogP) is 2.94. The van der Waals surface area contributed by atoms with Crippen molar-refractivity contribution in [2.45, 2.75) is 30.3 Å². The first-order chi connectivity index (χ1) is 12.5. The van der Waals surface area contributed by atoms with Crippen LogP contribution in [0.5, 0.6) is 0 Å². The summed E-state index contributed by atoms with van der Waals surface area (Å²) in [6, 6.07) is 7.76. The molecule has 2 aromatic rings. The zero-order valence-corrected chi connectivity index (χ0v) is 16.2. The van der Waals surface area contributed by atoms with Gasteiger partial charge in [-0.25, -0.2) is 4.98 Å². The number of halogens is 1. The molecule has 0 radical (unpaired) electrons. The van der Waals surface area contributed by atoms with E-state index in [4.69, 9.17) is 11.6 Å². The van der Waals surface area contributed by atoms with Gasteiger partial charge in [0.15, 0.2) is 6.10 Å². The van der Waals surface area contributed by atoms with Gasteiger partial charge in [-0.1, -0.05) is 35.9 Å². The summed E-state index contributed by atoms with van der Waals surface area (Å²) in [5, 5.41) is 25.6. The van der Waals surface area contributed by atoms with Gasteiger partial charge in [0.2, 0.25) is 0 Å². The van der Waals surface area contributed by atoms with E-state index in [1.165, 1.54) is 22.4 Å². The number of aromatic nitrogens is 1. The second-order valence-electron chi connectivity index (χ2n) is 5.92. The number of allylic oxidation sites excluding steroid dienone is 2. The Labute approximate surface area is 165 Å². The summed E-state index contributed by atoms with van der Waals surface area (Å²) >= 11 is 9.10. The third-order valence-corrected chi connectivity index (χ3v) is 6.55. The third-order valence-electron chi connectivity index (χ3n) is 4.03. The van der Waals surface area contributed by atoms with Gasteiger partial charge >= 0.3 is 0 Å². The fourth-order valence-electron chi connectivity index (χ4n) is 2.62. The highest BCUT2D eigenvalue weighted by Gasteiger charge is 2.28. The fourth-order valence-corrected chi connectivity index (χ4v) is 4.69. The first-order valence-corrected chi connectivity index (χ1v) is 10.3. The smallest absolute Gasteiger partial charge is 0.252 e. The number of aliphatic hydroxyl groups is 2. The number of rotatable bonds is 7. The van der Waals surface area contributed by atoms with Gasteiger partial charge in [-0.05, 0) is 23.0 Å². The van der Waals surface area contributed by atoms with E-state index in [0.29, 0.717) is 11.6 Å². The van der Waals surface area contributed by atoms with Crippen molar-refractivity contribution in [3.8, 4) is 0 Å². The first kappa shape index (κ1) is 19.4. The third kappa shape index (κ3) is 4.86. The molecule has 3 rings (SSSR count). The second kappa shape index (κ2) is 9.01. The zero-order valence-electron chi connectivity index (χ0n) is 13.8. The summed E-state index contributed by atoms with van der Waals surface area (Å²) in [6.45, 7) is 0.424. The van der Waals surface area contributed by atoms with Crippen molar-refractivity contribution in [1.82, 2.24) is 10.3 Å². The van der Waals surface area contributed by atoms with Crippen LogP contribution >= 0.6 is 34.7 Å².